The lowest BCUT2D eigenvalue weighted by Crippen LogP contribution is -2.36. The maximum absolute atomic E-state index is 13.0. The van der Waals surface area contributed by atoms with Crippen LogP contribution >= 0.6 is 0 Å². The highest BCUT2D eigenvalue weighted by atomic mass is 19.1. The van der Waals surface area contributed by atoms with Crippen molar-refractivity contribution in [1.29, 1.82) is 0 Å². The van der Waals surface area contributed by atoms with Gasteiger partial charge >= 0.3 is 5.97 Å². The molecule has 1 heterocycles. The van der Waals surface area contributed by atoms with Crippen LogP contribution in [-0.2, 0) is 4.79 Å². The van der Waals surface area contributed by atoms with Gasteiger partial charge in [-0.2, -0.15) is 5.10 Å². The highest BCUT2D eigenvalue weighted by Crippen LogP contribution is 2.22. The number of amides is 1. The minimum atomic E-state index is -1.08. The summed E-state index contributed by atoms with van der Waals surface area (Å²) in [6.45, 7) is 1.82. The van der Waals surface area contributed by atoms with Crippen LogP contribution in [0.15, 0.2) is 30.5 Å². The van der Waals surface area contributed by atoms with Gasteiger partial charge in [-0.1, -0.05) is 6.92 Å². The van der Waals surface area contributed by atoms with Crippen molar-refractivity contribution >= 4 is 11.9 Å². The highest BCUT2D eigenvalue weighted by molar-refractivity contribution is 6.00. The minimum Gasteiger partial charge on any atom is -0.480 e. The van der Waals surface area contributed by atoms with E-state index in [9.17, 15) is 14.0 Å². The molecule has 22 heavy (non-hydrogen) atoms. The van der Waals surface area contributed by atoms with Gasteiger partial charge in [0.25, 0.3) is 5.91 Å². The largest absolute Gasteiger partial charge is 0.480 e. The molecule has 1 amide bonds. The molecule has 7 heteroatoms. The van der Waals surface area contributed by atoms with E-state index in [1.807, 2.05) is 6.92 Å². The average molecular weight is 305 g/mol. The first kappa shape index (κ1) is 15.7. The van der Waals surface area contributed by atoms with Crippen LogP contribution in [0.25, 0.3) is 11.3 Å². The maximum Gasteiger partial charge on any atom is 0.323 e. The van der Waals surface area contributed by atoms with E-state index in [1.54, 1.807) is 0 Å². The normalized spacial score (nSPS) is 10.5. The number of carboxylic acid groups (broad SMARTS) is 1. The molecule has 0 bridgehead atoms. The van der Waals surface area contributed by atoms with Crippen LogP contribution in [-0.4, -0.2) is 45.2 Å². The van der Waals surface area contributed by atoms with Gasteiger partial charge in [-0.15, -0.1) is 0 Å². The van der Waals surface area contributed by atoms with Crippen LogP contribution in [0.4, 0.5) is 4.39 Å². The number of halogens is 1. The zero-order chi connectivity index (χ0) is 16.1. The minimum absolute atomic E-state index is 0.265. The Balaban J connectivity index is 2.32. The Kier molecular flexibility index (Phi) is 4.88. The van der Waals surface area contributed by atoms with E-state index in [4.69, 9.17) is 5.11 Å². The third kappa shape index (κ3) is 3.49. The number of nitrogens with one attached hydrogen (secondary N) is 1. The summed E-state index contributed by atoms with van der Waals surface area (Å²) >= 11 is 0. The SMILES string of the molecule is CCCN(CC(=O)O)C(=O)c1cn[nH]c1-c1ccc(F)cc1. The van der Waals surface area contributed by atoms with E-state index in [-0.39, 0.29) is 17.9 Å². The van der Waals surface area contributed by atoms with Gasteiger partial charge in [0.15, 0.2) is 0 Å². The van der Waals surface area contributed by atoms with Gasteiger partial charge in [0, 0.05) is 12.1 Å². The molecule has 0 aliphatic rings. The lowest BCUT2D eigenvalue weighted by molar-refractivity contribution is -0.137. The summed E-state index contributed by atoms with van der Waals surface area (Å²) in [4.78, 5) is 24.7. The lowest BCUT2D eigenvalue weighted by atomic mass is 10.1. The molecule has 116 valence electrons. The summed E-state index contributed by atoms with van der Waals surface area (Å²) in [5.74, 6) is -1.87. The Bertz CT molecular complexity index is 667. The third-order valence-corrected chi connectivity index (χ3v) is 3.11. The first-order valence-electron chi connectivity index (χ1n) is 6.83. The van der Waals surface area contributed by atoms with Crippen molar-refractivity contribution in [2.45, 2.75) is 13.3 Å². The number of rotatable bonds is 6. The molecular weight excluding hydrogens is 289 g/mol. The molecule has 6 nitrogen and oxygen atoms in total. The number of carbonyl (C=O) groups is 2. The predicted octanol–water partition coefficient (Wildman–Crippen LogP) is 2.15. The van der Waals surface area contributed by atoms with Gasteiger partial charge in [-0.25, -0.2) is 4.39 Å². The van der Waals surface area contributed by atoms with Gasteiger partial charge in [0.05, 0.1) is 17.5 Å². The molecule has 2 N–H and O–H groups in total. The van der Waals surface area contributed by atoms with Crippen molar-refractivity contribution in [3.63, 3.8) is 0 Å². The number of H-pyrrole nitrogens is 1. The molecule has 0 aliphatic carbocycles. The third-order valence-electron chi connectivity index (χ3n) is 3.11. The molecule has 2 aromatic rings. The summed E-state index contributed by atoms with van der Waals surface area (Å²) in [6.07, 6.45) is 1.99. The fraction of sp³-hybridized carbons (Fsp3) is 0.267. The molecule has 1 aromatic heterocycles. The van der Waals surface area contributed by atoms with E-state index in [0.717, 1.165) is 0 Å². The van der Waals surface area contributed by atoms with Crippen molar-refractivity contribution in [2.24, 2.45) is 0 Å². The molecule has 0 spiro atoms. The van der Waals surface area contributed by atoms with Crippen molar-refractivity contribution < 1.29 is 19.1 Å². The molecule has 2 rings (SSSR count). The van der Waals surface area contributed by atoms with Gasteiger partial charge in [-0.05, 0) is 30.7 Å². The second-order valence-corrected chi connectivity index (χ2v) is 4.79. The number of carbonyl (C=O) groups excluding carboxylic acids is 1. The summed E-state index contributed by atoms with van der Waals surface area (Å²) in [7, 11) is 0. The first-order chi connectivity index (χ1) is 10.5. The fourth-order valence-corrected chi connectivity index (χ4v) is 2.14. The molecule has 0 atom stereocenters. The second-order valence-electron chi connectivity index (χ2n) is 4.79. The van der Waals surface area contributed by atoms with Crippen molar-refractivity contribution in [1.82, 2.24) is 15.1 Å². The standard InChI is InChI=1S/C15H16FN3O3/c1-2-7-19(9-13(20)21)15(22)12-8-17-18-14(12)10-3-5-11(16)6-4-10/h3-6,8H,2,7,9H2,1H3,(H,17,18)(H,20,21). The second kappa shape index (κ2) is 6.84. The smallest absolute Gasteiger partial charge is 0.323 e. The monoisotopic (exact) mass is 305 g/mol. The Morgan fingerprint density at radius 1 is 1.32 bits per heavy atom. The fourth-order valence-electron chi connectivity index (χ4n) is 2.14. The molecule has 0 saturated heterocycles. The van der Waals surface area contributed by atoms with Gasteiger partial charge in [0.1, 0.15) is 12.4 Å². The van der Waals surface area contributed by atoms with Gasteiger partial charge in [-0.3, -0.25) is 14.7 Å². The summed E-state index contributed by atoms with van der Waals surface area (Å²) in [5.41, 5.74) is 1.31. The number of carboxylic acids is 1. The molecule has 0 unspecified atom stereocenters. The van der Waals surface area contributed by atoms with Crippen molar-refractivity contribution in [3.05, 3.63) is 41.8 Å². The quantitative estimate of drug-likeness (QED) is 0.856. The topological polar surface area (TPSA) is 86.3 Å². The zero-order valence-electron chi connectivity index (χ0n) is 12.0. The van der Waals surface area contributed by atoms with E-state index in [1.165, 1.54) is 35.4 Å². The molecule has 0 fully saturated rings. The number of nitrogens with zero attached hydrogens (tertiary/aromatic N) is 2. The summed E-state index contributed by atoms with van der Waals surface area (Å²) < 4.78 is 13.0. The van der Waals surface area contributed by atoms with Crippen molar-refractivity contribution in [3.8, 4) is 11.3 Å². The number of aromatic amines is 1. The summed E-state index contributed by atoms with van der Waals surface area (Å²) in [6, 6.07) is 5.62. The average Bonchev–Trinajstić information content (AvgIpc) is 2.96. The number of benzene rings is 1. The van der Waals surface area contributed by atoms with Crippen LogP contribution in [0.1, 0.15) is 23.7 Å². The number of aliphatic carboxylic acids is 1. The maximum atomic E-state index is 13.0. The van der Waals surface area contributed by atoms with Crippen LogP contribution in [0, 0.1) is 5.82 Å². The lowest BCUT2D eigenvalue weighted by Gasteiger charge is -2.19. The van der Waals surface area contributed by atoms with Crippen LogP contribution in [0.5, 0.6) is 0 Å². The van der Waals surface area contributed by atoms with E-state index in [0.29, 0.717) is 24.2 Å². The number of hydrogen-bond donors (Lipinski definition) is 2. The Morgan fingerprint density at radius 2 is 2.00 bits per heavy atom. The number of hydrogen-bond acceptors (Lipinski definition) is 3. The van der Waals surface area contributed by atoms with E-state index in [2.05, 4.69) is 10.2 Å². The van der Waals surface area contributed by atoms with Gasteiger partial charge in [0.2, 0.25) is 0 Å². The Morgan fingerprint density at radius 3 is 2.59 bits per heavy atom. The van der Waals surface area contributed by atoms with Gasteiger partial charge < -0.3 is 10.0 Å². The molecular formula is C15H16FN3O3. The Hall–Kier alpha value is -2.70. The van der Waals surface area contributed by atoms with Crippen LogP contribution in [0.2, 0.25) is 0 Å². The molecule has 0 radical (unpaired) electrons. The summed E-state index contributed by atoms with van der Waals surface area (Å²) in [5, 5.41) is 15.5. The molecule has 1 aromatic carbocycles. The van der Waals surface area contributed by atoms with E-state index < -0.39 is 11.9 Å². The first-order valence-corrected chi connectivity index (χ1v) is 6.83. The zero-order valence-corrected chi connectivity index (χ0v) is 12.0. The van der Waals surface area contributed by atoms with Crippen LogP contribution in [0.3, 0.4) is 0 Å². The molecule has 0 saturated carbocycles. The molecule has 0 aliphatic heterocycles. The van der Waals surface area contributed by atoms with E-state index >= 15 is 0 Å². The number of aromatic nitrogens is 2. The van der Waals surface area contributed by atoms with Crippen molar-refractivity contribution in [2.75, 3.05) is 13.1 Å². The highest BCUT2D eigenvalue weighted by Gasteiger charge is 2.22. The van der Waals surface area contributed by atoms with Crippen LogP contribution < -0.4 is 0 Å². The Labute approximate surface area is 126 Å². The predicted molar refractivity (Wildman–Crippen MR) is 77.8 cm³/mol.